The van der Waals surface area contributed by atoms with E-state index in [-0.39, 0.29) is 11.8 Å². The average molecular weight is 576 g/mol. The van der Waals surface area contributed by atoms with E-state index in [0.29, 0.717) is 43.4 Å². The summed E-state index contributed by atoms with van der Waals surface area (Å²) in [6.45, 7) is 12.9. The van der Waals surface area contributed by atoms with Crippen LogP contribution in [-0.2, 0) is 9.47 Å². The van der Waals surface area contributed by atoms with Gasteiger partial charge in [0, 0.05) is 38.6 Å². The van der Waals surface area contributed by atoms with E-state index in [2.05, 4.69) is 25.6 Å². The lowest BCUT2D eigenvalue weighted by Gasteiger charge is -2.36. The predicted octanol–water partition coefficient (Wildman–Crippen LogP) is 5.20. The van der Waals surface area contributed by atoms with Gasteiger partial charge in [0.1, 0.15) is 22.7 Å². The third-order valence-corrected chi connectivity index (χ3v) is 6.04. The second-order valence-electron chi connectivity index (χ2n) is 11.8. The van der Waals surface area contributed by atoms with Crippen LogP contribution in [0.2, 0.25) is 0 Å². The molecule has 42 heavy (non-hydrogen) atoms. The lowest BCUT2D eigenvalue weighted by molar-refractivity contribution is 0.0240. The number of carbonyl (C=O) groups excluding carboxylic acids is 3. The first kappa shape index (κ1) is 30.2. The number of rotatable bonds is 5. The maximum Gasteiger partial charge on any atom is 0.412 e. The van der Waals surface area contributed by atoms with Gasteiger partial charge in [-0.3, -0.25) is 15.1 Å². The first-order chi connectivity index (χ1) is 19.8. The molecule has 0 radical (unpaired) electrons. The molecule has 1 fully saturated rings. The molecular weight excluding hydrogens is 538 g/mol. The molecule has 0 saturated carbocycles. The Hall–Kier alpha value is -4.74. The highest BCUT2D eigenvalue weighted by atomic mass is 16.6. The molecule has 1 aliphatic heterocycles. The van der Waals surface area contributed by atoms with E-state index >= 15 is 0 Å². The molecule has 3 heterocycles. The Morgan fingerprint density at radius 2 is 1.43 bits per heavy atom. The van der Waals surface area contributed by atoms with E-state index < -0.39 is 23.2 Å². The fourth-order valence-electron chi connectivity index (χ4n) is 4.13. The Bertz CT molecular complexity index is 1410. The number of ether oxygens (including phenoxy) is 2. The number of hydrogen-bond donors (Lipinski definition) is 2. The molecule has 1 aliphatic rings. The van der Waals surface area contributed by atoms with Gasteiger partial charge in [0.2, 0.25) is 0 Å². The maximum absolute atomic E-state index is 13.2. The molecule has 2 aromatic heterocycles. The molecule has 4 rings (SSSR count). The van der Waals surface area contributed by atoms with Crippen molar-refractivity contribution in [1.82, 2.24) is 19.9 Å². The van der Waals surface area contributed by atoms with Gasteiger partial charge in [-0.25, -0.2) is 19.6 Å². The van der Waals surface area contributed by atoms with Crippen LogP contribution < -0.4 is 15.5 Å². The largest absolute Gasteiger partial charge is 0.444 e. The van der Waals surface area contributed by atoms with Crippen LogP contribution in [0.4, 0.5) is 26.8 Å². The van der Waals surface area contributed by atoms with Gasteiger partial charge in [0.05, 0.1) is 23.8 Å². The van der Waals surface area contributed by atoms with E-state index in [0.717, 1.165) is 11.1 Å². The minimum absolute atomic E-state index is 0.101. The van der Waals surface area contributed by atoms with E-state index in [1.807, 2.05) is 43.9 Å². The van der Waals surface area contributed by atoms with Crippen LogP contribution in [0.1, 0.15) is 52.0 Å². The number of pyridine rings is 1. The quantitative estimate of drug-likeness (QED) is 0.420. The molecule has 0 aliphatic carbocycles. The molecule has 0 spiro atoms. The molecule has 3 amide bonds. The third kappa shape index (κ3) is 8.38. The molecule has 222 valence electrons. The molecule has 3 aromatic rings. The van der Waals surface area contributed by atoms with Crippen molar-refractivity contribution in [2.24, 2.45) is 0 Å². The summed E-state index contributed by atoms with van der Waals surface area (Å²) in [4.78, 5) is 54.5. The lowest BCUT2D eigenvalue weighted by Crippen LogP contribution is -2.50. The second kappa shape index (κ2) is 12.4. The smallest absolute Gasteiger partial charge is 0.412 e. The number of amides is 3. The summed E-state index contributed by atoms with van der Waals surface area (Å²) in [5, 5.41) is 5.55. The highest BCUT2D eigenvalue weighted by Gasteiger charge is 2.27. The van der Waals surface area contributed by atoms with Crippen LogP contribution >= 0.6 is 0 Å². The van der Waals surface area contributed by atoms with Crippen LogP contribution in [-0.4, -0.2) is 75.3 Å². The number of piperazine rings is 1. The second-order valence-corrected chi connectivity index (χ2v) is 11.8. The zero-order chi connectivity index (χ0) is 30.5. The summed E-state index contributed by atoms with van der Waals surface area (Å²) in [6, 6.07) is 8.97. The van der Waals surface area contributed by atoms with E-state index in [1.165, 1.54) is 12.4 Å². The normalized spacial score (nSPS) is 13.8. The van der Waals surface area contributed by atoms with Crippen molar-refractivity contribution in [3.05, 3.63) is 60.8 Å². The summed E-state index contributed by atoms with van der Waals surface area (Å²) in [7, 11) is 0. The summed E-state index contributed by atoms with van der Waals surface area (Å²) in [5.41, 5.74) is 1.29. The fourth-order valence-corrected chi connectivity index (χ4v) is 4.13. The maximum atomic E-state index is 13.2. The standard InChI is InChI=1S/C30H37N7O5/c1-29(2,3)41-27(39)35-22-8-7-21(20-9-11-31-12-10-20)17-23(22)34-26(38)24-18-33-25(19-32-24)36-13-15-37(16-14-36)28(40)42-30(4,5)6/h7-12,17-19H,13-16H2,1-6H3,(H,34,38)(H,35,39). The molecular formula is C30H37N7O5. The van der Waals surface area contributed by atoms with Gasteiger partial charge in [0.15, 0.2) is 0 Å². The Morgan fingerprint density at radius 3 is 2.02 bits per heavy atom. The van der Waals surface area contributed by atoms with Crippen molar-refractivity contribution in [3.63, 3.8) is 0 Å². The van der Waals surface area contributed by atoms with Gasteiger partial charge in [0.25, 0.3) is 5.91 Å². The van der Waals surface area contributed by atoms with E-state index in [9.17, 15) is 14.4 Å². The first-order valence-corrected chi connectivity index (χ1v) is 13.7. The molecule has 0 atom stereocenters. The first-order valence-electron chi connectivity index (χ1n) is 13.7. The van der Waals surface area contributed by atoms with Gasteiger partial charge >= 0.3 is 12.2 Å². The van der Waals surface area contributed by atoms with Crippen molar-refractivity contribution in [1.29, 1.82) is 0 Å². The van der Waals surface area contributed by atoms with Crippen molar-refractivity contribution < 1.29 is 23.9 Å². The van der Waals surface area contributed by atoms with Gasteiger partial charge in [-0.15, -0.1) is 0 Å². The van der Waals surface area contributed by atoms with Crippen LogP contribution in [0, 0.1) is 0 Å². The average Bonchev–Trinajstić information content (AvgIpc) is 2.92. The minimum atomic E-state index is -0.690. The number of hydrogen-bond acceptors (Lipinski definition) is 9. The van der Waals surface area contributed by atoms with Crippen molar-refractivity contribution in [2.75, 3.05) is 41.7 Å². The summed E-state index contributed by atoms with van der Waals surface area (Å²) in [5.74, 6) is 0.102. The monoisotopic (exact) mass is 575 g/mol. The SMILES string of the molecule is CC(C)(C)OC(=O)Nc1ccc(-c2ccncc2)cc1NC(=O)c1cnc(N2CCN(C(=O)OC(C)(C)C)CC2)cn1. The van der Waals surface area contributed by atoms with Gasteiger partial charge in [-0.1, -0.05) is 6.07 Å². The number of nitrogens with one attached hydrogen (secondary N) is 2. The van der Waals surface area contributed by atoms with Crippen molar-refractivity contribution >= 4 is 35.3 Å². The Morgan fingerprint density at radius 1 is 0.762 bits per heavy atom. The van der Waals surface area contributed by atoms with Crippen LogP contribution in [0.3, 0.4) is 0 Å². The Kier molecular flexibility index (Phi) is 8.93. The molecule has 0 unspecified atom stereocenters. The molecule has 2 N–H and O–H groups in total. The van der Waals surface area contributed by atoms with Crippen LogP contribution in [0.5, 0.6) is 0 Å². The van der Waals surface area contributed by atoms with E-state index in [4.69, 9.17) is 9.47 Å². The van der Waals surface area contributed by atoms with Gasteiger partial charge < -0.3 is 24.6 Å². The summed E-state index contributed by atoms with van der Waals surface area (Å²) < 4.78 is 10.8. The summed E-state index contributed by atoms with van der Waals surface area (Å²) in [6.07, 6.45) is 5.30. The number of aromatic nitrogens is 3. The zero-order valence-electron chi connectivity index (χ0n) is 24.8. The van der Waals surface area contributed by atoms with E-state index in [1.54, 1.807) is 50.2 Å². The van der Waals surface area contributed by atoms with Crippen LogP contribution in [0.15, 0.2) is 55.1 Å². The zero-order valence-corrected chi connectivity index (χ0v) is 24.8. The Balaban J connectivity index is 1.46. The number of benzene rings is 1. The van der Waals surface area contributed by atoms with Gasteiger partial charge in [-0.2, -0.15) is 0 Å². The Labute approximate surface area is 245 Å². The molecule has 1 saturated heterocycles. The summed E-state index contributed by atoms with van der Waals surface area (Å²) >= 11 is 0. The third-order valence-electron chi connectivity index (χ3n) is 6.04. The highest BCUT2D eigenvalue weighted by Crippen LogP contribution is 2.30. The van der Waals surface area contributed by atoms with Crippen molar-refractivity contribution in [3.8, 4) is 11.1 Å². The fraction of sp³-hybridized carbons (Fsp3) is 0.400. The molecule has 12 nitrogen and oxygen atoms in total. The van der Waals surface area contributed by atoms with Crippen molar-refractivity contribution in [2.45, 2.75) is 52.7 Å². The highest BCUT2D eigenvalue weighted by molar-refractivity contribution is 6.06. The lowest BCUT2D eigenvalue weighted by atomic mass is 10.1. The van der Waals surface area contributed by atoms with Crippen LogP contribution in [0.25, 0.3) is 11.1 Å². The number of anilines is 3. The van der Waals surface area contributed by atoms with Gasteiger partial charge in [-0.05, 0) is 76.9 Å². The number of carbonyl (C=O) groups is 3. The number of nitrogens with zero attached hydrogens (tertiary/aromatic N) is 5. The topological polar surface area (TPSA) is 139 Å². The predicted molar refractivity (Wildman–Crippen MR) is 160 cm³/mol. The molecule has 12 heteroatoms. The minimum Gasteiger partial charge on any atom is -0.444 e. The molecule has 1 aromatic carbocycles. The molecule has 0 bridgehead atoms.